The Morgan fingerprint density at radius 1 is 1.26 bits per heavy atom. The molecule has 9 heteroatoms. The van der Waals surface area contributed by atoms with Crippen molar-refractivity contribution in [2.24, 2.45) is 0 Å². The van der Waals surface area contributed by atoms with Gasteiger partial charge in [-0.3, -0.25) is 4.79 Å². The number of sulfonamides is 1. The van der Waals surface area contributed by atoms with Crippen molar-refractivity contribution in [1.29, 1.82) is 0 Å². The molecule has 1 aliphatic heterocycles. The Bertz CT molecular complexity index is 993. The SMILES string of the molecule is COc1ccc(F)c(CN2CN(CC(=O)O)c3ccc(C)cc3S2(=O)=O)c1. The molecule has 1 aliphatic rings. The van der Waals surface area contributed by atoms with Crippen molar-refractivity contribution in [2.75, 3.05) is 25.2 Å². The minimum Gasteiger partial charge on any atom is -0.497 e. The number of aryl methyl sites for hydroxylation is 1. The van der Waals surface area contributed by atoms with Crippen LogP contribution in [-0.2, 0) is 21.4 Å². The lowest BCUT2D eigenvalue weighted by molar-refractivity contribution is -0.135. The van der Waals surface area contributed by atoms with Crippen LogP contribution in [0.2, 0.25) is 0 Å². The summed E-state index contributed by atoms with van der Waals surface area (Å²) in [6, 6.07) is 8.89. The second-order valence-electron chi connectivity index (χ2n) is 6.28. The summed E-state index contributed by atoms with van der Waals surface area (Å²) < 4.78 is 46.4. The molecule has 0 unspecified atom stereocenters. The van der Waals surface area contributed by atoms with Gasteiger partial charge < -0.3 is 14.7 Å². The molecule has 144 valence electrons. The van der Waals surface area contributed by atoms with Crippen LogP contribution in [0, 0.1) is 12.7 Å². The van der Waals surface area contributed by atoms with Gasteiger partial charge in [0.15, 0.2) is 0 Å². The van der Waals surface area contributed by atoms with E-state index in [1.807, 2.05) is 0 Å². The van der Waals surface area contributed by atoms with Crippen LogP contribution in [0.25, 0.3) is 0 Å². The van der Waals surface area contributed by atoms with E-state index in [2.05, 4.69) is 0 Å². The number of anilines is 1. The molecule has 0 atom stereocenters. The number of aliphatic carboxylic acids is 1. The summed E-state index contributed by atoms with van der Waals surface area (Å²) in [5, 5.41) is 9.18. The molecule has 3 rings (SSSR count). The zero-order chi connectivity index (χ0) is 19.8. The van der Waals surface area contributed by atoms with Crippen LogP contribution >= 0.6 is 0 Å². The maximum Gasteiger partial charge on any atom is 0.323 e. The zero-order valence-corrected chi connectivity index (χ0v) is 15.7. The topological polar surface area (TPSA) is 87.2 Å². The van der Waals surface area contributed by atoms with Crippen molar-refractivity contribution in [3.05, 3.63) is 53.3 Å². The summed E-state index contributed by atoms with van der Waals surface area (Å²) in [4.78, 5) is 12.7. The van der Waals surface area contributed by atoms with Crippen molar-refractivity contribution >= 4 is 21.7 Å². The van der Waals surface area contributed by atoms with E-state index in [0.29, 0.717) is 11.4 Å². The predicted molar refractivity (Wildman–Crippen MR) is 96.7 cm³/mol. The average molecular weight is 394 g/mol. The van der Waals surface area contributed by atoms with E-state index < -0.39 is 21.8 Å². The monoisotopic (exact) mass is 394 g/mol. The lowest BCUT2D eigenvalue weighted by atomic mass is 10.2. The Balaban J connectivity index is 2.05. The van der Waals surface area contributed by atoms with Gasteiger partial charge in [0.05, 0.1) is 19.5 Å². The zero-order valence-electron chi connectivity index (χ0n) is 14.8. The normalized spacial score (nSPS) is 16.0. The number of carboxylic acids is 1. The first-order valence-electron chi connectivity index (χ1n) is 8.12. The number of methoxy groups -OCH3 is 1. The number of ether oxygens (including phenoxy) is 1. The Morgan fingerprint density at radius 2 is 2.00 bits per heavy atom. The lowest BCUT2D eigenvalue weighted by Crippen LogP contribution is -2.47. The first-order valence-corrected chi connectivity index (χ1v) is 9.56. The van der Waals surface area contributed by atoms with Gasteiger partial charge in [-0.15, -0.1) is 0 Å². The van der Waals surface area contributed by atoms with Crippen LogP contribution in [-0.4, -0.2) is 44.1 Å². The number of benzene rings is 2. The molecule has 0 spiro atoms. The van der Waals surface area contributed by atoms with Crippen LogP contribution in [0.4, 0.5) is 10.1 Å². The van der Waals surface area contributed by atoms with Gasteiger partial charge in [0.2, 0.25) is 10.0 Å². The number of halogens is 1. The highest BCUT2D eigenvalue weighted by Crippen LogP contribution is 2.35. The fourth-order valence-corrected chi connectivity index (χ4v) is 4.67. The quantitative estimate of drug-likeness (QED) is 0.837. The molecule has 0 amide bonds. The molecule has 1 heterocycles. The largest absolute Gasteiger partial charge is 0.497 e. The molecular weight excluding hydrogens is 375 g/mol. The maximum absolute atomic E-state index is 14.2. The Labute approximate surface area is 156 Å². The van der Waals surface area contributed by atoms with Crippen molar-refractivity contribution in [3.8, 4) is 5.75 Å². The van der Waals surface area contributed by atoms with Crippen molar-refractivity contribution in [3.63, 3.8) is 0 Å². The molecule has 7 nitrogen and oxygen atoms in total. The molecule has 0 aliphatic carbocycles. The molecule has 0 bridgehead atoms. The van der Waals surface area contributed by atoms with Crippen molar-refractivity contribution in [2.45, 2.75) is 18.4 Å². The lowest BCUT2D eigenvalue weighted by Gasteiger charge is -2.37. The molecule has 0 saturated carbocycles. The van der Waals surface area contributed by atoms with Crippen molar-refractivity contribution in [1.82, 2.24) is 4.31 Å². The molecule has 0 radical (unpaired) electrons. The third-order valence-electron chi connectivity index (χ3n) is 4.33. The Morgan fingerprint density at radius 3 is 2.67 bits per heavy atom. The van der Waals surface area contributed by atoms with Crippen LogP contribution in [0.3, 0.4) is 0 Å². The van der Waals surface area contributed by atoms with E-state index in [1.165, 1.54) is 36.3 Å². The Kier molecular flexibility index (Phi) is 5.07. The summed E-state index contributed by atoms with van der Waals surface area (Å²) >= 11 is 0. The number of hydrogen-bond donors (Lipinski definition) is 1. The van der Waals surface area contributed by atoms with E-state index in [4.69, 9.17) is 4.74 Å². The third kappa shape index (κ3) is 3.74. The van der Waals surface area contributed by atoms with Gasteiger partial charge in [0.25, 0.3) is 0 Å². The second-order valence-corrected chi connectivity index (χ2v) is 8.18. The molecule has 0 aromatic heterocycles. The summed E-state index contributed by atoms with van der Waals surface area (Å²) in [5.74, 6) is -1.25. The van der Waals surface area contributed by atoms with Crippen LogP contribution in [0.5, 0.6) is 5.75 Å². The van der Waals surface area contributed by atoms with Gasteiger partial charge >= 0.3 is 5.97 Å². The summed E-state index contributed by atoms with van der Waals surface area (Å²) in [6.45, 7) is 0.941. The highest BCUT2D eigenvalue weighted by Gasteiger charge is 2.36. The summed E-state index contributed by atoms with van der Waals surface area (Å²) in [7, 11) is -2.48. The molecular formula is C18H19FN2O5S. The highest BCUT2D eigenvalue weighted by atomic mass is 32.2. The number of carboxylic acid groups (broad SMARTS) is 1. The van der Waals surface area contributed by atoms with Gasteiger partial charge in [0.1, 0.15) is 23.0 Å². The van der Waals surface area contributed by atoms with Crippen LogP contribution in [0.1, 0.15) is 11.1 Å². The van der Waals surface area contributed by atoms with E-state index >= 15 is 0 Å². The standard InChI is InChI=1S/C18H19FN2O5S/c1-12-3-6-16-17(7-12)27(24,25)21(11-20(16)10-18(22)23)9-13-8-14(26-2)4-5-15(13)19/h3-8H,9-11H2,1-2H3,(H,22,23). The smallest absolute Gasteiger partial charge is 0.323 e. The summed E-state index contributed by atoms with van der Waals surface area (Å²) in [6.07, 6.45) is 0. The number of carbonyl (C=O) groups is 1. The predicted octanol–water partition coefficient (Wildman–Crippen LogP) is 2.20. The highest BCUT2D eigenvalue weighted by molar-refractivity contribution is 7.89. The number of rotatable bonds is 5. The first kappa shape index (κ1) is 19.1. The second kappa shape index (κ2) is 7.16. The van der Waals surface area contributed by atoms with E-state index in [0.717, 1.165) is 9.87 Å². The van der Waals surface area contributed by atoms with Gasteiger partial charge in [0, 0.05) is 12.1 Å². The number of fused-ring (bicyclic) bond motifs is 1. The number of hydrogen-bond acceptors (Lipinski definition) is 5. The molecule has 0 saturated heterocycles. The Hall–Kier alpha value is -2.65. The molecule has 27 heavy (non-hydrogen) atoms. The third-order valence-corrected chi connectivity index (χ3v) is 6.14. The molecule has 2 aromatic rings. The minimum atomic E-state index is -3.92. The van der Waals surface area contributed by atoms with Crippen molar-refractivity contribution < 1.29 is 27.4 Å². The van der Waals surface area contributed by atoms with E-state index in [9.17, 15) is 22.7 Å². The van der Waals surface area contributed by atoms with Gasteiger partial charge in [-0.1, -0.05) is 6.07 Å². The van der Waals surface area contributed by atoms with E-state index in [1.54, 1.807) is 19.1 Å². The fraction of sp³-hybridized carbons (Fsp3) is 0.278. The van der Waals surface area contributed by atoms with Gasteiger partial charge in [-0.05, 0) is 42.8 Å². The summed E-state index contributed by atoms with van der Waals surface area (Å²) in [5.41, 5.74) is 1.19. The van der Waals surface area contributed by atoms with Crippen LogP contribution in [0.15, 0.2) is 41.3 Å². The van der Waals surface area contributed by atoms with Gasteiger partial charge in [-0.2, -0.15) is 4.31 Å². The minimum absolute atomic E-state index is 0.0123. The van der Waals surface area contributed by atoms with E-state index in [-0.39, 0.29) is 30.2 Å². The fourth-order valence-electron chi connectivity index (χ4n) is 2.99. The number of nitrogens with zero attached hydrogens (tertiary/aromatic N) is 2. The molecule has 2 aromatic carbocycles. The van der Waals surface area contributed by atoms with Gasteiger partial charge in [-0.25, -0.2) is 12.8 Å². The molecule has 0 fully saturated rings. The maximum atomic E-state index is 14.2. The molecule has 1 N–H and O–H groups in total. The first-order chi connectivity index (χ1) is 12.7. The van der Waals surface area contributed by atoms with Crippen LogP contribution < -0.4 is 9.64 Å². The average Bonchev–Trinajstić information content (AvgIpc) is 2.60.